The average Bonchev–Trinajstić information content (AvgIpc) is 2.33. The van der Waals surface area contributed by atoms with Crippen molar-refractivity contribution >= 4 is 21.6 Å². The Balaban J connectivity index is 1.84. The summed E-state index contributed by atoms with van der Waals surface area (Å²) in [5.74, 6) is 0. The van der Waals surface area contributed by atoms with E-state index in [9.17, 15) is 0 Å². The highest BCUT2D eigenvalue weighted by Crippen LogP contribution is 2.23. The third-order valence-corrected chi connectivity index (χ3v) is 3.88. The zero-order chi connectivity index (χ0) is 11.4. The van der Waals surface area contributed by atoms with E-state index >= 15 is 0 Å². The first kappa shape index (κ1) is 11.9. The molecule has 1 aromatic carbocycles. The molecule has 1 aliphatic rings. The first-order valence-electron chi connectivity index (χ1n) is 5.97. The Hall–Kier alpha value is -0.540. The molecule has 0 amide bonds. The normalized spacial score (nSPS) is 25.4. The Bertz CT molecular complexity index is 315. The first-order chi connectivity index (χ1) is 7.78. The molecule has 16 heavy (non-hydrogen) atoms. The van der Waals surface area contributed by atoms with Gasteiger partial charge in [0.25, 0.3) is 0 Å². The third-order valence-electron chi connectivity index (χ3n) is 3.35. The molecule has 2 rings (SSSR count). The van der Waals surface area contributed by atoms with Crippen molar-refractivity contribution in [2.24, 2.45) is 0 Å². The van der Waals surface area contributed by atoms with Gasteiger partial charge in [0, 0.05) is 22.2 Å². The lowest BCUT2D eigenvalue weighted by molar-refractivity contribution is 0.371. The van der Waals surface area contributed by atoms with Crippen LogP contribution in [0.5, 0.6) is 0 Å². The molecule has 0 bridgehead atoms. The van der Waals surface area contributed by atoms with Crippen LogP contribution in [-0.4, -0.2) is 19.1 Å². The molecule has 3 heteroatoms. The van der Waals surface area contributed by atoms with Crippen LogP contribution in [0.1, 0.15) is 25.7 Å². The van der Waals surface area contributed by atoms with Crippen molar-refractivity contribution in [1.82, 2.24) is 5.32 Å². The van der Waals surface area contributed by atoms with Crippen LogP contribution in [0.2, 0.25) is 0 Å². The molecule has 2 nitrogen and oxygen atoms in total. The summed E-state index contributed by atoms with van der Waals surface area (Å²) < 4.78 is 1.14. The molecule has 0 aromatic heterocycles. The molecule has 0 saturated heterocycles. The number of hydrogen-bond donors (Lipinski definition) is 2. The quantitative estimate of drug-likeness (QED) is 0.888. The lowest BCUT2D eigenvalue weighted by atomic mass is 9.91. The van der Waals surface area contributed by atoms with E-state index in [4.69, 9.17) is 0 Å². The molecule has 88 valence electrons. The fourth-order valence-corrected chi connectivity index (χ4v) is 2.57. The minimum absolute atomic E-state index is 0.644. The van der Waals surface area contributed by atoms with Gasteiger partial charge in [-0.25, -0.2) is 0 Å². The van der Waals surface area contributed by atoms with Crippen LogP contribution < -0.4 is 10.6 Å². The van der Waals surface area contributed by atoms with Crippen molar-refractivity contribution in [2.45, 2.75) is 37.8 Å². The molecule has 1 aromatic rings. The van der Waals surface area contributed by atoms with Crippen LogP contribution in [0.15, 0.2) is 28.7 Å². The van der Waals surface area contributed by atoms with Gasteiger partial charge in [0.05, 0.1) is 0 Å². The summed E-state index contributed by atoms with van der Waals surface area (Å²) in [7, 11) is 2.06. The van der Waals surface area contributed by atoms with Crippen molar-refractivity contribution < 1.29 is 0 Å². The Morgan fingerprint density at radius 3 is 2.12 bits per heavy atom. The van der Waals surface area contributed by atoms with Gasteiger partial charge in [0.15, 0.2) is 0 Å². The largest absolute Gasteiger partial charge is 0.382 e. The highest BCUT2D eigenvalue weighted by atomic mass is 79.9. The van der Waals surface area contributed by atoms with Gasteiger partial charge in [0.2, 0.25) is 0 Å². The van der Waals surface area contributed by atoms with Crippen molar-refractivity contribution in [3.63, 3.8) is 0 Å². The lowest BCUT2D eigenvalue weighted by Gasteiger charge is -2.29. The highest BCUT2D eigenvalue weighted by molar-refractivity contribution is 9.10. The predicted octanol–water partition coefficient (Wildman–Crippen LogP) is 3.39. The molecule has 1 fully saturated rings. The monoisotopic (exact) mass is 282 g/mol. The molecule has 0 radical (unpaired) electrons. The second-order valence-electron chi connectivity index (χ2n) is 4.49. The second-order valence-corrected chi connectivity index (χ2v) is 5.40. The summed E-state index contributed by atoms with van der Waals surface area (Å²) >= 11 is 3.45. The topological polar surface area (TPSA) is 24.1 Å². The fraction of sp³-hybridized carbons (Fsp3) is 0.538. The van der Waals surface area contributed by atoms with Crippen LogP contribution in [0.25, 0.3) is 0 Å². The van der Waals surface area contributed by atoms with Crippen LogP contribution >= 0.6 is 15.9 Å². The van der Waals surface area contributed by atoms with Gasteiger partial charge < -0.3 is 10.6 Å². The number of benzene rings is 1. The summed E-state index contributed by atoms with van der Waals surface area (Å²) in [4.78, 5) is 0. The van der Waals surface area contributed by atoms with E-state index in [1.165, 1.54) is 31.4 Å². The molecular formula is C13H19BrN2. The standard InChI is InChI=1S/C13H19BrN2/c1-15-11-6-8-13(9-7-11)16-12-4-2-10(14)3-5-12/h2-5,11,13,15-16H,6-9H2,1H3. The van der Waals surface area contributed by atoms with Gasteiger partial charge in [-0.15, -0.1) is 0 Å². The Morgan fingerprint density at radius 2 is 1.56 bits per heavy atom. The van der Waals surface area contributed by atoms with E-state index in [2.05, 4.69) is 57.9 Å². The molecule has 0 heterocycles. The Morgan fingerprint density at radius 1 is 1.00 bits per heavy atom. The smallest absolute Gasteiger partial charge is 0.0343 e. The van der Waals surface area contributed by atoms with E-state index in [-0.39, 0.29) is 0 Å². The molecular weight excluding hydrogens is 264 g/mol. The van der Waals surface area contributed by atoms with Gasteiger partial charge in [-0.3, -0.25) is 0 Å². The second kappa shape index (κ2) is 5.69. The van der Waals surface area contributed by atoms with Crippen LogP contribution in [0.3, 0.4) is 0 Å². The van der Waals surface area contributed by atoms with E-state index in [1.807, 2.05) is 0 Å². The average molecular weight is 283 g/mol. The minimum Gasteiger partial charge on any atom is -0.382 e. The lowest BCUT2D eigenvalue weighted by Crippen LogP contribution is -2.34. The summed E-state index contributed by atoms with van der Waals surface area (Å²) in [6, 6.07) is 9.81. The number of anilines is 1. The maximum Gasteiger partial charge on any atom is 0.0343 e. The Kier molecular flexibility index (Phi) is 4.24. The summed E-state index contributed by atoms with van der Waals surface area (Å²) in [5.41, 5.74) is 1.23. The molecule has 0 aliphatic heterocycles. The van der Waals surface area contributed by atoms with E-state index in [0.717, 1.165) is 10.5 Å². The van der Waals surface area contributed by atoms with Gasteiger partial charge in [-0.2, -0.15) is 0 Å². The zero-order valence-electron chi connectivity index (χ0n) is 9.67. The summed E-state index contributed by atoms with van der Waals surface area (Å²) in [6.45, 7) is 0. The fourth-order valence-electron chi connectivity index (χ4n) is 2.31. The molecule has 2 N–H and O–H groups in total. The van der Waals surface area contributed by atoms with Gasteiger partial charge in [-0.1, -0.05) is 15.9 Å². The van der Waals surface area contributed by atoms with Crippen LogP contribution in [0.4, 0.5) is 5.69 Å². The van der Waals surface area contributed by atoms with E-state index < -0.39 is 0 Å². The first-order valence-corrected chi connectivity index (χ1v) is 6.76. The number of halogens is 1. The number of nitrogens with one attached hydrogen (secondary N) is 2. The number of rotatable bonds is 3. The van der Waals surface area contributed by atoms with Crippen molar-refractivity contribution in [2.75, 3.05) is 12.4 Å². The SMILES string of the molecule is CNC1CCC(Nc2ccc(Br)cc2)CC1. The van der Waals surface area contributed by atoms with E-state index in [1.54, 1.807) is 0 Å². The Labute approximate surface area is 106 Å². The van der Waals surface area contributed by atoms with E-state index in [0.29, 0.717) is 6.04 Å². The molecule has 0 atom stereocenters. The van der Waals surface area contributed by atoms with Crippen molar-refractivity contribution in [1.29, 1.82) is 0 Å². The zero-order valence-corrected chi connectivity index (χ0v) is 11.3. The van der Waals surface area contributed by atoms with Crippen LogP contribution in [0, 0.1) is 0 Å². The van der Waals surface area contributed by atoms with Gasteiger partial charge in [0.1, 0.15) is 0 Å². The van der Waals surface area contributed by atoms with Crippen molar-refractivity contribution in [3.05, 3.63) is 28.7 Å². The maximum atomic E-state index is 3.60. The van der Waals surface area contributed by atoms with Gasteiger partial charge in [-0.05, 0) is 57.0 Å². The summed E-state index contributed by atoms with van der Waals surface area (Å²) in [6.07, 6.45) is 5.10. The summed E-state index contributed by atoms with van der Waals surface area (Å²) in [5, 5.41) is 6.97. The predicted molar refractivity (Wildman–Crippen MR) is 72.9 cm³/mol. The minimum atomic E-state index is 0.644. The van der Waals surface area contributed by atoms with Gasteiger partial charge >= 0.3 is 0 Å². The third kappa shape index (κ3) is 3.22. The van der Waals surface area contributed by atoms with Crippen LogP contribution in [-0.2, 0) is 0 Å². The van der Waals surface area contributed by atoms with Crippen molar-refractivity contribution in [3.8, 4) is 0 Å². The molecule has 0 unspecified atom stereocenters. The highest BCUT2D eigenvalue weighted by Gasteiger charge is 2.19. The molecule has 1 saturated carbocycles. The maximum absolute atomic E-state index is 3.60. The number of hydrogen-bond acceptors (Lipinski definition) is 2. The molecule has 1 aliphatic carbocycles. The molecule has 0 spiro atoms.